The SMILES string of the molecule is Nc1ncnc(OCC2CCOC2)c1[N+](=O)[O-]. The van der Waals surface area contributed by atoms with Crippen molar-refractivity contribution in [3.05, 3.63) is 16.4 Å². The van der Waals surface area contributed by atoms with E-state index in [1.807, 2.05) is 0 Å². The van der Waals surface area contributed by atoms with E-state index in [9.17, 15) is 10.1 Å². The fraction of sp³-hybridized carbons (Fsp3) is 0.556. The van der Waals surface area contributed by atoms with Gasteiger partial charge in [-0.2, -0.15) is 4.98 Å². The van der Waals surface area contributed by atoms with Crippen molar-refractivity contribution < 1.29 is 14.4 Å². The third-order valence-electron chi connectivity index (χ3n) is 2.48. The van der Waals surface area contributed by atoms with Crippen molar-refractivity contribution in [2.45, 2.75) is 6.42 Å². The predicted molar refractivity (Wildman–Crippen MR) is 57.5 cm³/mol. The van der Waals surface area contributed by atoms with E-state index in [-0.39, 0.29) is 23.3 Å². The first-order chi connectivity index (χ1) is 8.18. The fourth-order valence-corrected chi connectivity index (χ4v) is 1.56. The molecule has 0 saturated carbocycles. The van der Waals surface area contributed by atoms with Gasteiger partial charge in [-0.05, 0) is 6.42 Å². The Morgan fingerprint density at radius 1 is 1.65 bits per heavy atom. The highest BCUT2D eigenvalue weighted by Crippen LogP contribution is 2.29. The Kier molecular flexibility index (Phi) is 3.33. The summed E-state index contributed by atoms with van der Waals surface area (Å²) >= 11 is 0. The van der Waals surface area contributed by atoms with Crippen LogP contribution in [0.5, 0.6) is 5.88 Å². The number of hydrogen-bond acceptors (Lipinski definition) is 7. The molecule has 2 heterocycles. The van der Waals surface area contributed by atoms with Crippen LogP contribution in [0.4, 0.5) is 11.5 Å². The predicted octanol–water partition coefficient (Wildman–Crippen LogP) is 0.382. The van der Waals surface area contributed by atoms with Crippen molar-refractivity contribution in [1.29, 1.82) is 0 Å². The molecule has 1 aliphatic rings. The molecule has 1 atom stereocenters. The number of aromatic nitrogens is 2. The van der Waals surface area contributed by atoms with Gasteiger partial charge in [0.25, 0.3) is 5.88 Å². The van der Waals surface area contributed by atoms with Crippen molar-refractivity contribution >= 4 is 11.5 Å². The molecule has 1 aromatic heterocycles. The molecular formula is C9H12N4O4. The Morgan fingerprint density at radius 2 is 2.47 bits per heavy atom. The molecule has 2 rings (SSSR count). The molecule has 1 aromatic rings. The van der Waals surface area contributed by atoms with Crippen LogP contribution in [0.2, 0.25) is 0 Å². The summed E-state index contributed by atoms with van der Waals surface area (Å²) in [4.78, 5) is 17.4. The van der Waals surface area contributed by atoms with Gasteiger partial charge in [0, 0.05) is 12.5 Å². The highest BCUT2D eigenvalue weighted by atomic mass is 16.6. The molecule has 8 heteroatoms. The van der Waals surface area contributed by atoms with Gasteiger partial charge in [-0.15, -0.1) is 0 Å². The zero-order valence-corrected chi connectivity index (χ0v) is 9.04. The lowest BCUT2D eigenvalue weighted by atomic mass is 10.1. The number of nitro groups is 1. The van der Waals surface area contributed by atoms with Crippen molar-refractivity contribution in [3.63, 3.8) is 0 Å². The highest BCUT2D eigenvalue weighted by molar-refractivity contribution is 5.57. The highest BCUT2D eigenvalue weighted by Gasteiger charge is 2.24. The second kappa shape index (κ2) is 4.91. The molecule has 0 aliphatic carbocycles. The van der Waals surface area contributed by atoms with Crippen molar-refractivity contribution in [2.24, 2.45) is 5.92 Å². The molecule has 1 saturated heterocycles. The second-order valence-corrected chi connectivity index (χ2v) is 3.71. The number of nitrogens with two attached hydrogens (primary N) is 1. The summed E-state index contributed by atoms with van der Waals surface area (Å²) in [7, 11) is 0. The van der Waals surface area contributed by atoms with Crippen molar-refractivity contribution in [3.8, 4) is 5.88 Å². The minimum absolute atomic E-state index is 0.0885. The Balaban J connectivity index is 2.09. The number of nitrogens with zero attached hydrogens (tertiary/aromatic N) is 3. The van der Waals surface area contributed by atoms with E-state index >= 15 is 0 Å². The molecule has 0 spiro atoms. The van der Waals surface area contributed by atoms with E-state index in [4.69, 9.17) is 15.2 Å². The molecule has 0 amide bonds. The normalized spacial score (nSPS) is 19.2. The first kappa shape index (κ1) is 11.5. The summed E-state index contributed by atoms with van der Waals surface area (Å²) in [5.41, 5.74) is 5.03. The lowest BCUT2D eigenvalue weighted by Gasteiger charge is -2.09. The van der Waals surface area contributed by atoms with Crippen molar-refractivity contribution in [1.82, 2.24) is 9.97 Å². The summed E-state index contributed by atoms with van der Waals surface area (Å²) in [5.74, 6) is -0.0390. The standard InChI is InChI=1S/C9H12N4O4/c10-8-7(13(14)15)9(12-5-11-8)17-4-6-1-2-16-3-6/h5-6H,1-4H2,(H2,10,11,12). The molecule has 0 aromatic carbocycles. The minimum Gasteiger partial charge on any atom is -0.472 e. The molecule has 1 fully saturated rings. The minimum atomic E-state index is -0.643. The van der Waals surface area contributed by atoms with Gasteiger partial charge >= 0.3 is 5.69 Å². The molecule has 17 heavy (non-hydrogen) atoms. The number of hydrogen-bond donors (Lipinski definition) is 1. The number of nitrogen functional groups attached to an aromatic ring is 1. The largest absolute Gasteiger partial charge is 0.472 e. The van der Waals surface area contributed by atoms with Crippen LogP contribution in [-0.2, 0) is 4.74 Å². The van der Waals surface area contributed by atoms with Crippen LogP contribution in [0, 0.1) is 16.0 Å². The van der Waals surface area contributed by atoms with Gasteiger partial charge in [-0.25, -0.2) is 4.98 Å². The first-order valence-electron chi connectivity index (χ1n) is 5.14. The van der Waals surface area contributed by atoms with Crippen LogP contribution < -0.4 is 10.5 Å². The van der Waals surface area contributed by atoms with Crippen LogP contribution in [0.15, 0.2) is 6.33 Å². The number of rotatable bonds is 4. The maximum absolute atomic E-state index is 10.8. The summed E-state index contributed by atoms with van der Waals surface area (Å²) < 4.78 is 10.5. The Labute approximate surface area is 96.9 Å². The van der Waals surface area contributed by atoms with Crippen LogP contribution >= 0.6 is 0 Å². The molecule has 0 bridgehead atoms. The summed E-state index contributed by atoms with van der Waals surface area (Å²) in [6.45, 7) is 1.63. The second-order valence-electron chi connectivity index (χ2n) is 3.71. The van der Waals surface area contributed by atoms with Crippen molar-refractivity contribution in [2.75, 3.05) is 25.6 Å². The average molecular weight is 240 g/mol. The zero-order valence-electron chi connectivity index (χ0n) is 9.04. The summed E-state index contributed by atoms with van der Waals surface area (Å²) in [5, 5.41) is 10.8. The van der Waals surface area contributed by atoms with Gasteiger partial charge in [-0.1, -0.05) is 0 Å². The third-order valence-corrected chi connectivity index (χ3v) is 2.48. The molecule has 0 radical (unpaired) electrons. The van der Waals surface area contributed by atoms with Crippen LogP contribution in [-0.4, -0.2) is 34.7 Å². The van der Waals surface area contributed by atoms with Gasteiger partial charge in [0.15, 0.2) is 0 Å². The fourth-order valence-electron chi connectivity index (χ4n) is 1.56. The molecule has 1 unspecified atom stereocenters. The molecule has 8 nitrogen and oxygen atoms in total. The van der Waals surface area contributed by atoms with Crippen LogP contribution in [0.25, 0.3) is 0 Å². The van der Waals surface area contributed by atoms with Gasteiger partial charge in [0.05, 0.1) is 18.1 Å². The lowest BCUT2D eigenvalue weighted by Crippen LogP contribution is -2.14. The maximum Gasteiger partial charge on any atom is 0.372 e. The summed E-state index contributed by atoms with van der Waals surface area (Å²) in [6.07, 6.45) is 2.02. The van der Waals surface area contributed by atoms with Gasteiger partial charge in [0.2, 0.25) is 5.82 Å². The van der Waals surface area contributed by atoms with Gasteiger partial charge in [0.1, 0.15) is 6.33 Å². The van der Waals surface area contributed by atoms with Crippen LogP contribution in [0.1, 0.15) is 6.42 Å². The van der Waals surface area contributed by atoms with E-state index in [1.165, 1.54) is 0 Å². The monoisotopic (exact) mass is 240 g/mol. The smallest absolute Gasteiger partial charge is 0.372 e. The molecule has 1 aliphatic heterocycles. The van der Waals surface area contributed by atoms with E-state index in [2.05, 4.69) is 9.97 Å². The quantitative estimate of drug-likeness (QED) is 0.597. The lowest BCUT2D eigenvalue weighted by molar-refractivity contribution is -0.385. The zero-order chi connectivity index (χ0) is 12.3. The maximum atomic E-state index is 10.8. The Hall–Kier alpha value is -1.96. The van der Waals surface area contributed by atoms with E-state index < -0.39 is 4.92 Å². The average Bonchev–Trinajstić information content (AvgIpc) is 2.78. The number of anilines is 1. The topological polar surface area (TPSA) is 113 Å². The Morgan fingerprint density at radius 3 is 3.12 bits per heavy atom. The first-order valence-corrected chi connectivity index (χ1v) is 5.14. The summed E-state index contributed by atoms with van der Waals surface area (Å²) in [6, 6.07) is 0. The van der Waals surface area contributed by atoms with Crippen LogP contribution in [0.3, 0.4) is 0 Å². The molecule has 92 valence electrons. The van der Waals surface area contributed by atoms with E-state index in [1.54, 1.807) is 0 Å². The van der Waals surface area contributed by atoms with E-state index in [0.29, 0.717) is 19.8 Å². The number of ether oxygens (including phenoxy) is 2. The molecule has 2 N–H and O–H groups in total. The van der Waals surface area contributed by atoms with E-state index in [0.717, 1.165) is 12.7 Å². The van der Waals surface area contributed by atoms with Gasteiger partial charge < -0.3 is 15.2 Å². The van der Waals surface area contributed by atoms with Gasteiger partial charge in [-0.3, -0.25) is 10.1 Å². The Bertz CT molecular complexity index is 419. The molecular weight excluding hydrogens is 228 g/mol. The third kappa shape index (κ3) is 2.59.